The lowest BCUT2D eigenvalue weighted by atomic mass is 9.98. The Morgan fingerprint density at radius 2 is 2.00 bits per heavy atom. The molecule has 6 heteroatoms. The number of benzene rings is 1. The van der Waals surface area contributed by atoms with Gasteiger partial charge in [-0.1, -0.05) is 12.1 Å². The number of aromatic nitrogens is 1. The standard InChI is InChI=1S/C15H10F3NO2/c16-15(17,18)13-5-3-10(4-6-14(20)21)8-12(13)11-2-1-7-19-9-11/h1-9H,(H,20,21)/b6-4+. The van der Waals surface area contributed by atoms with Crippen LogP contribution in [-0.4, -0.2) is 16.1 Å². The molecule has 1 aromatic carbocycles. The van der Waals surface area contributed by atoms with Crippen LogP contribution in [0.5, 0.6) is 0 Å². The van der Waals surface area contributed by atoms with Crippen LogP contribution >= 0.6 is 0 Å². The third-order valence-corrected chi connectivity index (χ3v) is 2.74. The first-order valence-corrected chi connectivity index (χ1v) is 5.90. The van der Waals surface area contributed by atoms with E-state index in [1.807, 2.05) is 0 Å². The fourth-order valence-corrected chi connectivity index (χ4v) is 1.84. The number of carbonyl (C=O) groups is 1. The summed E-state index contributed by atoms with van der Waals surface area (Å²) in [7, 11) is 0. The van der Waals surface area contributed by atoms with Crippen molar-refractivity contribution in [3.63, 3.8) is 0 Å². The van der Waals surface area contributed by atoms with Crippen LogP contribution < -0.4 is 0 Å². The van der Waals surface area contributed by atoms with Crippen molar-refractivity contribution in [1.29, 1.82) is 0 Å². The summed E-state index contributed by atoms with van der Waals surface area (Å²) in [6.07, 6.45) is 0.401. The number of carboxylic acid groups (broad SMARTS) is 1. The third-order valence-electron chi connectivity index (χ3n) is 2.74. The minimum absolute atomic E-state index is 0.0388. The van der Waals surface area contributed by atoms with Gasteiger partial charge >= 0.3 is 12.1 Å². The molecule has 3 nitrogen and oxygen atoms in total. The predicted molar refractivity (Wildman–Crippen MR) is 71.3 cm³/mol. The molecule has 21 heavy (non-hydrogen) atoms. The molecule has 0 aliphatic carbocycles. The molecule has 1 aromatic heterocycles. The Balaban J connectivity index is 2.57. The van der Waals surface area contributed by atoms with Crippen LogP contribution in [0.2, 0.25) is 0 Å². The maximum atomic E-state index is 13.0. The summed E-state index contributed by atoms with van der Waals surface area (Å²) in [5.41, 5.74) is -0.147. The average molecular weight is 293 g/mol. The number of carboxylic acids is 1. The number of aliphatic carboxylic acids is 1. The van der Waals surface area contributed by atoms with Gasteiger partial charge in [0, 0.05) is 24.0 Å². The van der Waals surface area contributed by atoms with Crippen LogP contribution in [0, 0.1) is 0 Å². The summed E-state index contributed by atoms with van der Waals surface area (Å²) in [4.78, 5) is 14.3. The highest BCUT2D eigenvalue weighted by Gasteiger charge is 2.33. The topological polar surface area (TPSA) is 50.2 Å². The molecule has 1 heterocycles. The SMILES string of the molecule is O=C(O)/C=C/c1ccc(C(F)(F)F)c(-c2cccnc2)c1. The molecule has 0 atom stereocenters. The van der Waals surface area contributed by atoms with Crippen LogP contribution in [0.3, 0.4) is 0 Å². The molecular formula is C15H10F3NO2. The van der Waals surface area contributed by atoms with Crippen LogP contribution in [0.1, 0.15) is 11.1 Å². The van der Waals surface area contributed by atoms with E-state index in [0.29, 0.717) is 11.1 Å². The molecule has 0 bridgehead atoms. The van der Waals surface area contributed by atoms with Crippen molar-refractivity contribution in [1.82, 2.24) is 4.98 Å². The van der Waals surface area contributed by atoms with Crippen LogP contribution in [0.15, 0.2) is 48.8 Å². The summed E-state index contributed by atoms with van der Waals surface area (Å²) in [5, 5.41) is 8.57. The van der Waals surface area contributed by atoms with Gasteiger partial charge in [-0.05, 0) is 35.4 Å². The second-order valence-corrected chi connectivity index (χ2v) is 4.22. The maximum absolute atomic E-state index is 13.0. The number of nitrogens with zero attached hydrogens (tertiary/aromatic N) is 1. The van der Waals surface area contributed by atoms with Gasteiger partial charge in [-0.2, -0.15) is 13.2 Å². The number of alkyl halides is 3. The molecule has 0 aliphatic heterocycles. The van der Waals surface area contributed by atoms with E-state index < -0.39 is 17.7 Å². The Morgan fingerprint density at radius 3 is 2.57 bits per heavy atom. The largest absolute Gasteiger partial charge is 0.478 e. The van der Waals surface area contributed by atoms with E-state index in [2.05, 4.69) is 4.98 Å². The highest BCUT2D eigenvalue weighted by molar-refractivity contribution is 5.85. The number of rotatable bonds is 3. The summed E-state index contributed by atoms with van der Waals surface area (Å²) in [6, 6.07) is 6.50. The Bertz CT molecular complexity index is 679. The van der Waals surface area contributed by atoms with Crippen molar-refractivity contribution in [2.75, 3.05) is 0 Å². The minimum atomic E-state index is -4.50. The van der Waals surface area contributed by atoms with Crippen LogP contribution in [-0.2, 0) is 11.0 Å². The molecule has 0 aliphatic rings. The monoisotopic (exact) mass is 293 g/mol. The summed E-state index contributed by atoms with van der Waals surface area (Å²) >= 11 is 0. The molecule has 2 aromatic rings. The molecule has 1 N–H and O–H groups in total. The molecule has 108 valence electrons. The Hall–Kier alpha value is -2.63. The van der Waals surface area contributed by atoms with Crippen molar-refractivity contribution in [2.24, 2.45) is 0 Å². The molecule has 0 radical (unpaired) electrons. The van der Waals surface area contributed by atoms with E-state index in [1.165, 1.54) is 42.7 Å². The highest BCUT2D eigenvalue weighted by atomic mass is 19.4. The smallest absolute Gasteiger partial charge is 0.417 e. The normalized spacial score (nSPS) is 11.8. The zero-order valence-corrected chi connectivity index (χ0v) is 10.6. The third kappa shape index (κ3) is 3.68. The van der Waals surface area contributed by atoms with Gasteiger partial charge in [-0.3, -0.25) is 4.98 Å². The van der Waals surface area contributed by atoms with Gasteiger partial charge in [0.05, 0.1) is 5.56 Å². The molecule has 0 spiro atoms. The number of hydrogen-bond donors (Lipinski definition) is 1. The van der Waals surface area contributed by atoms with Gasteiger partial charge < -0.3 is 5.11 Å². The predicted octanol–water partition coefficient (Wildman–Crippen LogP) is 3.87. The van der Waals surface area contributed by atoms with E-state index in [0.717, 1.165) is 12.1 Å². The molecule has 2 rings (SSSR count). The molecule has 0 saturated heterocycles. The Labute approximate surface area is 118 Å². The number of pyridine rings is 1. The first-order chi connectivity index (χ1) is 9.88. The van der Waals surface area contributed by atoms with E-state index >= 15 is 0 Å². The number of hydrogen-bond acceptors (Lipinski definition) is 2. The lowest BCUT2D eigenvalue weighted by molar-refractivity contribution is -0.137. The lowest BCUT2D eigenvalue weighted by Gasteiger charge is -2.13. The fraction of sp³-hybridized carbons (Fsp3) is 0.0667. The zero-order valence-electron chi connectivity index (χ0n) is 10.6. The molecule has 0 fully saturated rings. The van der Waals surface area contributed by atoms with Gasteiger partial charge in [0.25, 0.3) is 0 Å². The minimum Gasteiger partial charge on any atom is -0.478 e. The van der Waals surface area contributed by atoms with Gasteiger partial charge in [0.1, 0.15) is 0 Å². The van der Waals surface area contributed by atoms with Crippen molar-refractivity contribution < 1.29 is 23.1 Å². The quantitative estimate of drug-likeness (QED) is 0.874. The van der Waals surface area contributed by atoms with E-state index in [4.69, 9.17) is 5.11 Å². The second-order valence-electron chi connectivity index (χ2n) is 4.22. The molecule has 0 unspecified atom stereocenters. The zero-order chi connectivity index (χ0) is 15.5. The molecule has 0 saturated carbocycles. The first kappa shape index (κ1) is 14.8. The lowest BCUT2D eigenvalue weighted by Crippen LogP contribution is -2.07. The highest BCUT2D eigenvalue weighted by Crippen LogP contribution is 2.37. The molecular weight excluding hydrogens is 283 g/mol. The van der Waals surface area contributed by atoms with Gasteiger partial charge in [-0.15, -0.1) is 0 Å². The fourth-order valence-electron chi connectivity index (χ4n) is 1.84. The van der Waals surface area contributed by atoms with Crippen molar-refractivity contribution >= 4 is 12.0 Å². The van der Waals surface area contributed by atoms with Gasteiger partial charge in [0.2, 0.25) is 0 Å². The summed E-state index contributed by atoms with van der Waals surface area (Å²) in [5.74, 6) is -1.17. The van der Waals surface area contributed by atoms with Crippen molar-refractivity contribution in [3.8, 4) is 11.1 Å². The maximum Gasteiger partial charge on any atom is 0.417 e. The Kier molecular flexibility index (Phi) is 4.07. The Morgan fingerprint density at radius 1 is 1.24 bits per heavy atom. The van der Waals surface area contributed by atoms with Crippen LogP contribution in [0.25, 0.3) is 17.2 Å². The van der Waals surface area contributed by atoms with E-state index in [1.54, 1.807) is 0 Å². The van der Waals surface area contributed by atoms with E-state index in [-0.39, 0.29) is 5.56 Å². The van der Waals surface area contributed by atoms with Crippen molar-refractivity contribution in [2.45, 2.75) is 6.18 Å². The molecule has 0 amide bonds. The summed E-state index contributed by atoms with van der Waals surface area (Å²) < 4.78 is 39.1. The van der Waals surface area contributed by atoms with Crippen LogP contribution in [0.4, 0.5) is 13.2 Å². The summed E-state index contributed by atoms with van der Waals surface area (Å²) in [6.45, 7) is 0. The average Bonchev–Trinajstić information content (AvgIpc) is 2.44. The first-order valence-electron chi connectivity index (χ1n) is 5.90. The van der Waals surface area contributed by atoms with E-state index in [9.17, 15) is 18.0 Å². The second kappa shape index (κ2) is 5.78. The van der Waals surface area contributed by atoms with Crippen molar-refractivity contribution in [3.05, 3.63) is 59.9 Å². The van der Waals surface area contributed by atoms with Gasteiger partial charge in [-0.25, -0.2) is 4.79 Å². The number of halogens is 3. The van der Waals surface area contributed by atoms with Gasteiger partial charge in [0.15, 0.2) is 0 Å².